The molecule has 3 saturated heterocycles. The molecule has 3 aliphatic heterocycles. The van der Waals surface area contributed by atoms with Crippen LogP contribution in [0.3, 0.4) is 0 Å². The van der Waals surface area contributed by atoms with E-state index >= 15 is 0 Å². The average Bonchev–Trinajstić information content (AvgIpc) is 3.08. The number of nitrogens with zero attached hydrogens (tertiary/aromatic N) is 4. The summed E-state index contributed by atoms with van der Waals surface area (Å²) in [7, 11) is 1.71. The number of carbonyl (C=O) groups excluding carboxylic acids is 1. The third-order valence-corrected chi connectivity index (χ3v) is 7.08. The Bertz CT molecular complexity index is 664. The number of piperazine rings is 1. The lowest BCUT2D eigenvalue weighted by atomic mass is 10.0. The van der Waals surface area contributed by atoms with E-state index in [-0.39, 0.29) is 0 Å². The number of anilines is 1. The normalized spacial score (nSPS) is 24.5. The molecule has 3 aliphatic rings. The highest BCUT2D eigenvalue weighted by Crippen LogP contribution is 2.23. The molecule has 166 valence electrons. The lowest BCUT2D eigenvalue weighted by Gasteiger charge is -2.44. The fraction of sp³-hybridized carbons (Fsp3) is 0.708. The number of likely N-dealkylation sites (tertiary alicyclic amines) is 2. The number of methoxy groups -OCH3 is 1. The van der Waals surface area contributed by atoms with Gasteiger partial charge >= 0.3 is 0 Å². The summed E-state index contributed by atoms with van der Waals surface area (Å²) < 4.78 is 5.27. The van der Waals surface area contributed by atoms with Crippen molar-refractivity contribution in [3.8, 4) is 5.75 Å². The molecule has 0 unspecified atom stereocenters. The van der Waals surface area contributed by atoms with Gasteiger partial charge in [0.25, 0.3) is 0 Å². The van der Waals surface area contributed by atoms with Crippen molar-refractivity contribution in [1.29, 1.82) is 0 Å². The van der Waals surface area contributed by atoms with Gasteiger partial charge in [-0.15, -0.1) is 0 Å². The number of benzene rings is 1. The van der Waals surface area contributed by atoms with Gasteiger partial charge in [-0.05, 0) is 63.0 Å². The van der Waals surface area contributed by atoms with Gasteiger partial charge in [0.05, 0.1) is 13.7 Å². The maximum absolute atomic E-state index is 12.9. The second kappa shape index (κ2) is 10.5. The molecule has 0 bridgehead atoms. The van der Waals surface area contributed by atoms with E-state index in [1.807, 2.05) is 12.1 Å². The fourth-order valence-corrected chi connectivity index (χ4v) is 5.20. The summed E-state index contributed by atoms with van der Waals surface area (Å²) in [6, 6.07) is 8.90. The summed E-state index contributed by atoms with van der Waals surface area (Å²) in [5, 5.41) is 0. The van der Waals surface area contributed by atoms with Crippen molar-refractivity contribution in [3.05, 3.63) is 24.3 Å². The Morgan fingerprint density at radius 2 is 1.60 bits per heavy atom. The fourth-order valence-electron chi connectivity index (χ4n) is 5.20. The number of amides is 1. The van der Waals surface area contributed by atoms with E-state index in [9.17, 15) is 4.79 Å². The lowest BCUT2D eigenvalue weighted by Crippen LogP contribution is -2.56. The van der Waals surface area contributed by atoms with Crippen LogP contribution in [0, 0.1) is 0 Å². The Morgan fingerprint density at radius 3 is 2.27 bits per heavy atom. The highest BCUT2D eigenvalue weighted by Gasteiger charge is 2.30. The molecular weight excluding hydrogens is 376 g/mol. The molecule has 0 aromatic heterocycles. The second-order valence-electron chi connectivity index (χ2n) is 9.05. The summed E-state index contributed by atoms with van der Waals surface area (Å²) in [5.41, 5.74) is 1.27. The molecule has 0 aliphatic carbocycles. The van der Waals surface area contributed by atoms with Crippen LogP contribution in [0.2, 0.25) is 0 Å². The van der Waals surface area contributed by atoms with E-state index in [1.165, 1.54) is 37.8 Å². The molecule has 4 rings (SSSR count). The minimum absolute atomic E-state index is 0.346. The minimum Gasteiger partial charge on any atom is -0.497 e. The van der Waals surface area contributed by atoms with E-state index in [0.29, 0.717) is 18.5 Å². The van der Waals surface area contributed by atoms with Crippen LogP contribution in [0.5, 0.6) is 5.75 Å². The smallest absolute Gasteiger partial charge is 0.236 e. The minimum atomic E-state index is 0.346. The Kier molecular flexibility index (Phi) is 7.50. The van der Waals surface area contributed by atoms with Crippen LogP contribution >= 0.6 is 0 Å². The van der Waals surface area contributed by atoms with Crippen molar-refractivity contribution in [2.75, 3.05) is 70.9 Å². The molecule has 1 aromatic rings. The number of piperidine rings is 1. The number of ether oxygens (including phenoxy) is 1. The number of hydrogen-bond donors (Lipinski definition) is 0. The second-order valence-corrected chi connectivity index (χ2v) is 9.05. The van der Waals surface area contributed by atoms with Crippen LogP contribution in [0.4, 0.5) is 5.69 Å². The maximum Gasteiger partial charge on any atom is 0.236 e. The van der Waals surface area contributed by atoms with Crippen molar-refractivity contribution < 1.29 is 9.53 Å². The van der Waals surface area contributed by atoms with E-state index in [4.69, 9.17) is 4.74 Å². The molecule has 1 atom stereocenters. The average molecular weight is 415 g/mol. The van der Waals surface area contributed by atoms with E-state index < -0.39 is 0 Å². The third-order valence-electron chi connectivity index (χ3n) is 7.08. The lowest BCUT2D eigenvalue weighted by molar-refractivity contribution is -0.134. The summed E-state index contributed by atoms with van der Waals surface area (Å²) in [4.78, 5) is 22.5. The first kappa shape index (κ1) is 21.4. The predicted octanol–water partition coefficient (Wildman–Crippen LogP) is 2.68. The molecule has 6 nitrogen and oxygen atoms in total. The van der Waals surface area contributed by atoms with Crippen molar-refractivity contribution in [2.45, 2.75) is 44.6 Å². The molecule has 3 fully saturated rings. The molecular formula is C24H38N4O2. The molecule has 30 heavy (non-hydrogen) atoms. The van der Waals surface area contributed by atoms with Gasteiger partial charge < -0.3 is 14.5 Å². The van der Waals surface area contributed by atoms with Crippen LogP contribution in [-0.4, -0.2) is 92.7 Å². The number of carbonyl (C=O) groups is 1. The van der Waals surface area contributed by atoms with Crippen molar-refractivity contribution >= 4 is 11.6 Å². The van der Waals surface area contributed by atoms with Gasteiger partial charge in [-0.3, -0.25) is 14.6 Å². The zero-order valence-corrected chi connectivity index (χ0v) is 18.6. The summed E-state index contributed by atoms with van der Waals surface area (Å²) in [6.07, 6.45) is 7.48. The standard InChI is InChI=1S/C24H38N4O2/c1-30-23-10-8-21(9-11-23)26-15-17-27(18-16-26)22-7-6-14-28(19-22)24(29)20-25-12-4-2-3-5-13-25/h8-11,22H,2-7,12-20H2,1H3/t22-/m0/s1. The molecule has 1 amide bonds. The highest BCUT2D eigenvalue weighted by atomic mass is 16.5. The van der Waals surface area contributed by atoms with Crippen molar-refractivity contribution in [1.82, 2.24) is 14.7 Å². The van der Waals surface area contributed by atoms with Crippen molar-refractivity contribution in [2.24, 2.45) is 0 Å². The molecule has 0 saturated carbocycles. The zero-order chi connectivity index (χ0) is 20.8. The quantitative estimate of drug-likeness (QED) is 0.741. The third kappa shape index (κ3) is 5.46. The van der Waals surface area contributed by atoms with Crippen molar-refractivity contribution in [3.63, 3.8) is 0 Å². The van der Waals surface area contributed by atoms with Gasteiger partial charge in [0.15, 0.2) is 0 Å². The topological polar surface area (TPSA) is 39.3 Å². The zero-order valence-electron chi connectivity index (χ0n) is 18.6. The van der Waals surface area contributed by atoms with Gasteiger partial charge in [-0.2, -0.15) is 0 Å². The van der Waals surface area contributed by atoms with Gasteiger partial charge in [-0.25, -0.2) is 0 Å². The van der Waals surface area contributed by atoms with Crippen LogP contribution < -0.4 is 9.64 Å². The largest absolute Gasteiger partial charge is 0.497 e. The Labute approximate surface area is 181 Å². The summed E-state index contributed by atoms with van der Waals surface area (Å²) in [5.74, 6) is 1.25. The van der Waals surface area contributed by atoms with E-state index in [1.54, 1.807) is 7.11 Å². The Balaban J connectivity index is 1.26. The Morgan fingerprint density at radius 1 is 0.900 bits per heavy atom. The monoisotopic (exact) mass is 414 g/mol. The molecule has 6 heteroatoms. The van der Waals surface area contributed by atoms with Crippen LogP contribution in [0.15, 0.2) is 24.3 Å². The van der Waals surface area contributed by atoms with E-state index in [0.717, 1.165) is 64.5 Å². The van der Waals surface area contributed by atoms with E-state index in [2.05, 4.69) is 31.7 Å². The molecule has 0 N–H and O–H groups in total. The van der Waals surface area contributed by atoms with Gasteiger partial charge in [0.2, 0.25) is 5.91 Å². The van der Waals surface area contributed by atoms with Crippen LogP contribution in [0.1, 0.15) is 38.5 Å². The predicted molar refractivity (Wildman–Crippen MR) is 121 cm³/mol. The molecule has 1 aromatic carbocycles. The SMILES string of the molecule is COc1ccc(N2CCN([C@H]3CCCN(C(=O)CN4CCCCCC4)C3)CC2)cc1. The maximum atomic E-state index is 12.9. The first-order chi connectivity index (χ1) is 14.7. The van der Waals surface area contributed by atoms with Gasteiger partial charge in [-0.1, -0.05) is 12.8 Å². The van der Waals surface area contributed by atoms with Crippen LogP contribution in [-0.2, 0) is 4.79 Å². The molecule has 0 spiro atoms. The first-order valence-corrected chi connectivity index (χ1v) is 11.9. The van der Waals surface area contributed by atoms with Crippen LogP contribution in [0.25, 0.3) is 0 Å². The highest BCUT2D eigenvalue weighted by molar-refractivity contribution is 5.78. The Hall–Kier alpha value is -1.79. The number of hydrogen-bond acceptors (Lipinski definition) is 5. The number of rotatable bonds is 5. The molecule has 0 radical (unpaired) electrons. The summed E-state index contributed by atoms with van der Waals surface area (Å²) >= 11 is 0. The molecule has 3 heterocycles. The first-order valence-electron chi connectivity index (χ1n) is 11.9. The summed E-state index contributed by atoms with van der Waals surface area (Å²) in [6.45, 7) is 8.90. The van der Waals surface area contributed by atoms with Gasteiger partial charge in [0, 0.05) is 51.0 Å². The van der Waals surface area contributed by atoms with Gasteiger partial charge in [0.1, 0.15) is 5.75 Å².